The molecule has 3 aliphatic rings. The number of carbonyl (C=O) groups excluding carboxylic acids is 1. The average Bonchev–Trinajstić information content (AvgIpc) is 3.20. The van der Waals surface area contributed by atoms with E-state index in [2.05, 4.69) is 21.1 Å². The van der Waals surface area contributed by atoms with Crippen LogP contribution in [0.2, 0.25) is 0 Å². The second kappa shape index (κ2) is 6.70. The minimum Gasteiger partial charge on any atom is -0.370 e. The van der Waals surface area contributed by atoms with Crippen LogP contribution in [0.5, 0.6) is 0 Å². The maximum Gasteiger partial charge on any atom is 0.332 e. The van der Waals surface area contributed by atoms with Gasteiger partial charge in [0, 0.05) is 25.8 Å². The Hall–Kier alpha value is -2.29. The van der Waals surface area contributed by atoms with Gasteiger partial charge in [-0.2, -0.15) is 0 Å². The van der Waals surface area contributed by atoms with Crippen molar-refractivity contribution in [3.63, 3.8) is 0 Å². The zero-order valence-electron chi connectivity index (χ0n) is 15.4. The number of urea groups is 1. The van der Waals surface area contributed by atoms with E-state index in [9.17, 15) is 13.2 Å². The monoisotopic (exact) mass is 391 g/mol. The number of benzene rings is 1. The molecular weight excluding hydrogens is 366 g/mol. The van der Waals surface area contributed by atoms with E-state index in [-0.39, 0.29) is 13.1 Å². The molecule has 4 rings (SSSR count). The molecule has 9 heteroatoms. The summed E-state index contributed by atoms with van der Waals surface area (Å²) in [5.41, 5.74) is 11.4. The highest BCUT2D eigenvalue weighted by Gasteiger charge is 2.39. The fourth-order valence-electron chi connectivity index (χ4n) is 4.28. The largest absolute Gasteiger partial charge is 0.370 e. The second-order valence-corrected chi connectivity index (χ2v) is 9.40. The summed E-state index contributed by atoms with van der Waals surface area (Å²) in [6.45, 7) is 0.476. The van der Waals surface area contributed by atoms with E-state index < -0.39 is 21.3 Å². The molecule has 4 N–H and O–H groups in total. The third-order valence-corrected chi connectivity index (χ3v) is 7.43. The van der Waals surface area contributed by atoms with E-state index in [0.29, 0.717) is 5.96 Å². The lowest BCUT2D eigenvalue weighted by Crippen LogP contribution is -2.61. The van der Waals surface area contributed by atoms with Crippen LogP contribution in [0.3, 0.4) is 0 Å². The van der Waals surface area contributed by atoms with Crippen LogP contribution in [0.4, 0.5) is 10.5 Å². The van der Waals surface area contributed by atoms with Gasteiger partial charge in [-0.3, -0.25) is 4.99 Å². The lowest BCUT2D eigenvalue weighted by atomic mass is 9.99. The third kappa shape index (κ3) is 3.24. The molecule has 2 amide bonds. The van der Waals surface area contributed by atoms with Gasteiger partial charge in [0.2, 0.25) is 10.0 Å². The molecule has 0 radical (unpaired) electrons. The average molecular weight is 391 g/mol. The number of anilines is 1. The van der Waals surface area contributed by atoms with E-state index in [1.807, 2.05) is 0 Å². The molecule has 1 heterocycles. The standard InChI is InChI=1S/C18H25N5O3S/c1-20-17(19)23-9-13(10-23)27(25,26)22-18(24)21-16-14-6-2-4-11(14)8-12-5-3-7-15(12)16/h8,13H,2-7,9-10H2,1H3,(H2,19,20)(H2,21,22,24). The molecule has 0 bridgehead atoms. The highest BCUT2D eigenvalue weighted by molar-refractivity contribution is 7.90. The summed E-state index contributed by atoms with van der Waals surface area (Å²) in [5.74, 6) is 0.307. The molecule has 0 aromatic heterocycles. The van der Waals surface area contributed by atoms with E-state index in [1.165, 1.54) is 22.3 Å². The maximum absolute atomic E-state index is 12.5. The number of nitrogens with zero attached hydrogens (tertiary/aromatic N) is 2. The van der Waals surface area contributed by atoms with Gasteiger partial charge in [-0.15, -0.1) is 0 Å². The van der Waals surface area contributed by atoms with Crippen molar-refractivity contribution in [3.05, 3.63) is 28.3 Å². The zero-order valence-corrected chi connectivity index (χ0v) is 16.2. The third-order valence-electron chi connectivity index (χ3n) is 5.79. The van der Waals surface area contributed by atoms with Crippen molar-refractivity contribution in [3.8, 4) is 0 Å². The van der Waals surface area contributed by atoms with Crippen LogP contribution in [0, 0.1) is 0 Å². The second-order valence-electron chi connectivity index (χ2n) is 7.44. The van der Waals surface area contributed by atoms with Gasteiger partial charge in [0.1, 0.15) is 5.25 Å². The number of aryl methyl sites for hydroxylation is 2. The Balaban J connectivity index is 1.47. The van der Waals surface area contributed by atoms with Crippen molar-refractivity contribution in [2.24, 2.45) is 10.7 Å². The number of sulfonamides is 1. The molecule has 8 nitrogen and oxygen atoms in total. The lowest BCUT2D eigenvalue weighted by Gasteiger charge is -2.38. The van der Waals surface area contributed by atoms with Crippen molar-refractivity contribution in [2.45, 2.75) is 43.8 Å². The number of fused-ring (bicyclic) bond motifs is 2. The minimum atomic E-state index is -3.76. The molecule has 2 aliphatic carbocycles. The highest BCUT2D eigenvalue weighted by Crippen LogP contribution is 2.38. The van der Waals surface area contributed by atoms with Crippen LogP contribution >= 0.6 is 0 Å². The Morgan fingerprint density at radius 1 is 1.15 bits per heavy atom. The van der Waals surface area contributed by atoms with E-state index in [4.69, 9.17) is 5.73 Å². The van der Waals surface area contributed by atoms with Crippen molar-refractivity contribution in [2.75, 3.05) is 25.5 Å². The lowest BCUT2D eigenvalue weighted by molar-refractivity contribution is 0.255. The van der Waals surface area contributed by atoms with Crippen molar-refractivity contribution in [1.82, 2.24) is 9.62 Å². The van der Waals surface area contributed by atoms with Crippen molar-refractivity contribution < 1.29 is 13.2 Å². The quantitative estimate of drug-likeness (QED) is 0.519. The number of guanidine groups is 1. The summed E-state index contributed by atoms with van der Waals surface area (Å²) < 4.78 is 27.1. The SMILES string of the molecule is CN=C(N)N1CC(S(=O)(=O)NC(=O)Nc2c3c(cc4c2CCC4)CCC3)C1. The molecule has 0 spiro atoms. The number of amides is 2. The molecular formula is C18H25N5O3S. The molecule has 27 heavy (non-hydrogen) atoms. The molecule has 1 fully saturated rings. The number of nitrogens with one attached hydrogen (secondary N) is 2. The van der Waals surface area contributed by atoms with Crippen molar-refractivity contribution in [1.29, 1.82) is 0 Å². The van der Waals surface area contributed by atoms with Gasteiger partial charge in [0.25, 0.3) is 0 Å². The summed E-state index contributed by atoms with van der Waals surface area (Å²) in [6, 6.07) is 1.59. The molecule has 1 aromatic rings. The Morgan fingerprint density at radius 2 is 1.74 bits per heavy atom. The number of hydrogen-bond acceptors (Lipinski definition) is 4. The Kier molecular flexibility index (Phi) is 4.49. The summed E-state index contributed by atoms with van der Waals surface area (Å²) in [6.07, 6.45) is 6.05. The first kappa shape index (κ1) is 18.1. The van der Waals surface area contributed by atoms with E-state index in [1.54, 1.807) is 11.9 Å². The van der Waals surface area contributed by atoms with E-state index >= 15 is 0 Å². The van der Waals surface area contributed by atoms with Crippen LogP contribution < -0.4 is 15.8 Å². The molecule has 1 aromatic carbocycles. The summed E-state index contributed by atoms with van der Waals surface area (Å²) in [4.78, 5) is 18.0. The summed E-state index contributed by atoms with van der Waals surface area (Å²) >= 11 is 0. The normalized spacial score (nSPS) is 19.4. The number of rotatable bonds is 3. The predicted octanol–water partition coefficient (Wildman–Crippen LogP) is 0.744. The molecule has 0 atom stereocenters. The summed E-state index contributed by atoms with van der Waals surface area (Å²) in [7, 11) is -2.20. The van der Waals surface area contributed by atoms with Gasteiger partial charge in [0.15, 0.2) is 5.96 Å². The first-order valence-corrected chi connectivity index (χ1v) is 10.9. The van der Waals surface area contributed by atoms with Crippen LogP contribution in [0.1, 0.15) is 35.1 Å². The van der Waals surface area contributed by atoms with Gasteiger partial charge < -0.3 is 16.0 Å². The fourth-order valence-corrected chi connectivity index (χ4v) is 5.51. The maximum atomic E-state index is 12.5. The molecule has 0 saturated carbocycles. The van der Waals surface area contributed by atoms with Crippen molar-refractivity contribution >= 4 is 27.7 Å². The zero-order chi connectivity index (χ0) is 19.2. The Morgan fingerprint density at radius 3 is 2.30 bits per heavy atom. The number of aliphatic imine (C=N–C) groups is 1. The van der Waals surface area contributed by atoms with E-state index in [0.717, 1.165) is 44.2 Å². The number of carbonyl (C=O) groups is 1. The highest BCUT2D eigenvalue weighted by atomic mass is 32.2. The first-order chi connectivity index (χ1) is 12.9. The van der Waals surface area contributed by atoms with Crippen LogP contribution in [0.25, 0.3) is 0 Å². The predicted molar refractivity (Wildman–Crippen MR) is 104 cm³/mol. The van der Waals surface area contributed by atoms with Gasteiger partial charge in [-0.1, -0.05) is 6.07 Å². The Bertz CT molecular complexity index is 887. The topological polar surface area (TPSA) is 117 Å². The molecule has 0 unspecified atom stereocenters. The molecule has 1 aliphatic heterocycles. The number of likely N-dealkylation sites (tertiary alicyclic amines) is 1. The fraction of sp³-hybridized carbons (Fsp3) is 0.556. The number of hydrogen-bond donors (Lipinski definition) is 3. The van der Waals surface area contributed by atoms with Gasteiger partial charge in [-0.05, 0) is 60.8 Å². The van der Waals surface area contributed by atoms with Gasteiger partial charge in [-0.25, -0.2) is 17.9 Å². The smallest absolute Gasteiger partial charge is 0.332 e. The first-order valence-electron chi connectivity index (χ1n) is 9.35. The molecule has 1 saturated heterocycles. The Labute approximate surface area is 159 Å². The van der Waals surface area contributed by atoms with Gasteiger partial charge >= 0.3 is 6.03 Å². The minimum absolute atomic E-state index is 0.238. The summed E-state index contributed by atoms with van der Waals surface area (Å²) in [5, 5.41) is 2.19. The molecule has 146 valence electrons. The van der Waals surface area contributed by atoms with Crippen LogP contribution in [-0.4, -0.2) is 50.7 Å². The number of nitrogens with two attached hydrogens (primary N) is 1. The van der Waals surface area contributed by atoms with Crippen LogP contribution in [0.15, 0.2) is 11.1 Å². The van der Waals surface area contributed by atoms with Gasteiger partial charge in [0.05, 0.1) is 0 Å². The van der Waals surface area contributed by atoms with Crippen LogP contribution in [-0.2, 0) is 35.7 Å².